The summed E-state index contributed by atoms with van der Waals surface area (Å²) in [6.45, 7) is 7.02. The predicted molar refractivity (Wildman–Crippen MR) is 81.0 cm³/mol. The number of carboxylic acids is 1. The number of nitrogens with zero attached hydrogens (tertiary/aromatic N) is 2. The van der Waals surface area contributed by atoms with Crippen molar-refractivity contribution in [2.24, 2.45) is 12.5 Å². The fourth-order valence-electron chi connectivity index (χ4n) is 1.83. The average Bonchev–Trinajstić information content (AvgIpc) is 2.56. The van der Waals surface area contributed by atoms with Crippen LogP contribution in [0.3, 0.4) is 0 Å². The van der Waals surface area contributed by atoms with Crippen molar-refractivity contribution in [1.82, 2.24) is 15.1 Å². The lowest BCUT2D eigenvalue weighted by Crippen LogP contribution is -2.48. The standard InChI is InChI=1S/C14H20ClN3O3/c1-8-9(12(15)18(5)17-8)6-7-10(19)16-11(13(20)21)14(2,3)4/h6-7,11H,1-5H3,(H,16,19)(H,20,21)/t11-/m1/s1. The molecular formula is C14H20ClN3O3. The molecule has 0 aliphatic rings. The molecule has 0 unspecified atom stereocenters. The molecule has 0 aliphatic carbocycles. The van der Waals surface area contributed by atoms with Crippen LogP contribution in [-0.4, -0.2) is 32.8 Å². The van der Waals surface area contributed by atoms with Crippen LogP contribution in [0.25, 0.3) is 6.08 Å². The van der Waals surface area contributed by atoms with E-state index in [4.69, 9.17) is 16.7 Å². The van der Waals surface area contributed by atoms with Crippen molar-refractivity contribution in [2.45, 2.75) is 33.7 Å². The summed E-state index contributed by atoms with van der Waals surface area (Å²) < 4.78 is 1.50. The van der Waals surface area contributed by atoms with Crippen molar-refractivity contribution in [1.29, 1.82) is 0 Å². The highest BCUT2D eigenvalue weighted by atomic mass is 35.5. The molecule has 1 rings (SSSR count). The van der Waals surface area contributed by atoms with Crippen LogP contribution in [0.4, 0.5) is 0 Å². The summed E-state index contributed by atoms with van der Waals surface area (Å²) in [6.07, 6.45) is 2.79. The van der Waals surface area contributed by atoms with Gasteiger partial charge in [0.15, 0.2) is 0 Å². The van der Waals surface area contributed by atoms with Gasteiger partial charge in [-0.2, -0.15) is 5.10 Å². The lowest BCUT2D eigenvalue weighted by Gasteiger charge is -2.27. The molecule has 2 N–H and O–H groups in total. The van der Waals surface area contributed by atoms with E-state index >= 15 is 0 Å². The third kappa shape index (κ3) is 4.32. The normalized spacial score (nSPS) is 13.4. The maximum atomic E-state index is 11.9. The molecular weight excluding hydrogens is 294 g/mol. The first-order chi connectivity index (χ1) is 9.54. The fraction of sp³-hybridized carbons (Fsp3) is 0.500. The zero-order chi connectivity index (χ0) is 16.4. The van der Waals surface area contributed by atoms with Crippen molar-refractivity contribution < 1.29 is 14.7 Å². The van der Waals surface area contributed by atoms with Crippen LogP contribution in [0.15, 0.2) is 6.08 Å². The summed E-state index contributed by atoms with van der Waals surface area (Å²) in [5, 5.41) is 16.2. The summed E-state index contributed by atoms with van der Waals surface area (Å²) in [5.41, 5.74) is 0.742. The molecule has 21 heavy (non-hydrogen) atoms. The Morgan fingerprint density at radius 1 is 1.43 bits per heavy atom. The van der Waals surface area contributed by atoms with Crippen LogP contribution in [0, 0.1) is 12.3 Å². The topological polar surface area (TPSA) is 84.2 Å². The second-order valence-corrected chi connectivity index (χ2v) is 6.25. The number of hydrogen-bond donors (Lipinski definition) is 2. The van der Waals surface area contributed by atoms with E-state index in [1.165, 1.54) is 16.8 Å². The van der Waals surface area contributed by atoms with Crippen molar-refractivity contribution in [3.63, 3.8) is 0 Å². The largest absolute Gasteiger partial charge is 0.480 e. The zero-order valence-electron chi connectivity index (χ0n) is 12.8. The number of hydrogen-bond acceptors (Lipinski definition) is 3. The Morgan fingerprint density at radius 3 is 2.38 bits per heavy atom. The highest BCUT2D eigenvalue weighted by Gasteiger charge is 2.32. The number of aryl methyl sites for hydroxylation is 2. The highest BCUT2D eigenvalue weighted by Crippen LogP contribution is 2.21. The maximum absolute atomic E-state index is 11.9. The summed E-state index contributed by atoms with van der Waals surface area (Å²) in [4.78, 5) is 23.1. The van der Waals surface area contributed by atoms with Crippen molar-refractivity contribution in [2.75, 3.05) is 0 Å². The molecule has 116 valence electrons. The minimum absolute atomic E-state index is 0.419. The van der Waals surface area contributed by atoms with Gasteiger partial charge in [-0.1, -0.05) is 32.4 Å². The van der Waals surface area contributed by atoms with Crippen LogP contribution >= 0.6 is 11.6 Å². The molecule has 0 saturated carbocycles. The van der Waals surface area contributed by atoms with Gasteiger partial charge in [-0.25, -0.2) is 4.79 Å². The van der Waals surface area contributed by atoms with E-state index in [-0.39, 0.29) is 0 Å². The minimum Gasteiger partial charge on any atom is -0.480 e. The number of aliphatic carboxylic acids is 1. The van der Waals surface area contributed by atoms with Gasteiger partial charge in [0, 0.05) is 18.7 Å². The van der Waals surface area contributed by atoms with E-state index < -0.39 is 23.3 Å². The summed E-state index contributed by atoms with van der Waals surface area (Å²) in [7, 11) is 1.70. The Hall–Kier alpha value is -1.82. The van der Waals surface area contributed by atoms with E-state index in [0.717, 1.165) is 0 Å². The first kappa shape index (κ1) is 17.2. The number of nitrogens with one attached hydrogen (secondary N) is 1. The van der Waals surface area contributed by atoms with Gasteiger partial charge in [0.05, 0.1) is 5.69 Å². The quantitative estimate of drug-likeness (QED) is 0.833. The maximum Gasteiger partial charge on any atom is 0.326 e. The number of amides is 1. The molecule has 0 aromatic carbocycles. The molecule has 1 heterocycles. The van der Waals surface area contributed by atoms with E-state index in [0.29, 0.717) is 16.4 Å². The molecule has 1 atom stereocenters. The number of aromatic nitrogens is 2. The molecule has 0 spiro atoms. The van der Waals surface area contributed by atoms with E-state index in [9.17, 15) is 9.59 Å². The molecule has 7 heteroatoms. The molecule has 6 nitrogen and oxygen atoms in total. The third-order valence-corrected chi connectivity index (χ3v) is 3.45. The summed E-state index contributed by atoms with van der Waals surface area (Å²) in [6, 6.07) is -0.972. The van der Waals surface area contributed by atoms with E-state index in [1.54, 1.807) is 34.7 Å². The number of halogens is 1. The first-order valence-corrected chi connectivity index (χ1v) is 6.82. The van der Waals surface area contributed by atoms with Crippen molar-refractivity contribution in [3.8, 4) is 0 Å². The number of rotatable bonds is 4. The summed E-state index contributed by atoms with van der Waals surface area (Å²) in [5.74, 6) is -1.56. The molecule has 1 aromatic heterocycles. The Bertz CT molecular complexity index is 585. The van der Waals surface area contributed by atoms with Crippen LogP contribution in [0.1, 0.15) is 32.0 Å². The zero-order valence-corrected chi connectivity index (χ0v) is 13.5. The Morgan fingerprint density at radius 2 is 2.00 bits per heavy atom. The van der Waals surface area contributed by atoms with Crippen LogP contribution in [0.2, 0.25) is 5.15 Å². The van der Waals surface area contributed by atoms with Gasteiger partial charge in [-0.3, -0.25) is 9.48 Å². The average molecular weight is 314 g/mol. The van der Waals surface area contributed by atoms with Crippen molar-refractivity contribution >= 4 is 29.6 Å². The van der Waals surface area contributed by atoms with Crippen LogP contribution in [0.5, 0.6) is 0 Å². The van der Waals surface area contributed by atoms with Gasteiger partial charge < -0.3 is 10.4 Å². The first-order valence-electron chi connectivity index (χ1n) is 6.44. The number of carboxylic acid groups (broad SMARTS) is 1. The Labute approximate surface area is 128 Å². The van der Waals surface area contributed by atoms with Gasteiger partial charge in [0.25, 0.3) is 0 Å². The highest BCUT2D eigenvalue weighted by molar-refractivity contribution is 6.31. The van der Waals surface area contributed by atoms with E-state index in [1.807, 2.05) is 0 Å². The van der Waals surface area contributed by atoms with Gasteiger partial charge in [-0.05, 0) is 18.4 Å². The lowest BCUT2D eigenvalue weighted by atomic mass is 9.87. The second kappa shape index (κ2) is 6.30. The fourth-order valence-corrected chi connectivity index (χ4v) is 2.07. The van der Waals surface area contributed by atoms with Crippen LogP contribution < -0.4 is 5.32 Å². The number of carbonyl (C=O) groups is 2. The molecule has 0 radical (unpaired) electrons. The SMILES string of the molecule is Cc1nn(C)c(Cl)c1C=CC(=O)N[C@H](C(=O)O)C(C)(C)C. The van der Waals surface area contributed by atoms with Crippen LogP contribution in [-0.2, 0) is 16.6 Å². The molecule has 1 aromatic rings. The molecule has 0 aliphatic heterocycles. The van der Waals surface area contributed by atoms with E-state index in [2.05, 4.69) is 10.4 Å². The number of carbonyl (C=O) groups excluding carboxylic acids is 1. The summed E-state index contributed by atoms with van der Waals surface area (Å²) >= 11 is 6.05. The van der Waals surface area contributed by atoms with Gasteiger partial charge >= 0.3 is 5.97 Å². The predicted octanol–water partition coefficient (Wildman–Crippen LogP) is 2.01. The monoisotopic (exact) mass is 313 g/mol. The Kier molecular flexibility index (Phi) is 5.17. The molecule has 0 fully saturated rings. The molecule has 0 saturated heterocycles. The van der Waals surface area contributed by atoms with Gasteiger partial charge in [-0.15, -0.1) is 0 Å². The minimum atomic E-state index is -1.07. The molecule has 1 amide bonds. The smallest absolute Gasteiger partial charge is 0.326 e. The Balaban J connectivity index is 2.86. The van der Waals surface area contributed by atoms with Gasteiger partial charge in [0.1, 0.15) is 11.2 Å². The van der Waals surface area contributed by atoms with Gasteiger partial charge in [0.2, 0.25) is 5.91 Å². The third-order valence-electron chi connectivity index (χ3n) is 3.00. The molecule has 0 bridgehead atoms. The van der Waals surface area contributed by atoms with Crippen molar-refractivity contribution in [3.05, 3.63) is 22.5 Å². The lowest BCUT2D eigenvalue weighted by molar-refractivity contribution is -0.144. The second-order valence-electron chi connectivity index (χ2n) is 5.89.